The van der Waals surface area contributed by atoms with Crippen LogP contribution in [-0.2, 0) is 0 Å². The van der Waals surface area contributed by atoms with E-state index in [9.17, 15) is 0 Å². The van der Waals surface area contributed by atoms with Crippen LogP contribution in [0.15, 0.2) is 36.5 Å². The summed E-state index contributed by atoms with van der Waals surface area (Å²) in [4.78, 5) is 0. The van der Waals surface area contributed by atoms with Gasteiger partial charge in [-0.2, -0.15) is 0 Å². The highest BCUT2D eigenvalue weighted by molar-refractivity contribution is 5.63. The molecule has 0 atom stereocenters. The number of hydrogen-bond donors (Lipinski definition) is 2. The number of benzene rings is 1. The first kappa shape index (κ1) is 7.18. The molecule has 0 bridgehead atoms. The Hall–Kier alpha value is -1.48. The second-order valence-corrected chi connectivity index (χ2v) is 2.76. The minimum atomic E-state index is 1.10. The fourth-order valence-corrected chi connectivity index (χ4v) is 1.17. The predicted molar refractivity (Wildman–Crippen MR) is 48.5 cm³/mol. The van der Waals surface area contributed by atoms with Crippen LogP contribution in [0.25, 0.3) is 5.70 Å². The molecule has 12 heavy (non-hydrogen) atoms. The van der Waals surface area contributed by atoms with E-state index in [-0.39, 0.29) is 0 Å². The largest absolute Gasteiger partial charge is 0.302 e. The second kappa shape index (κ2) is 2.87. The van der Waals surface area contributed by atoms with E-state index in [1.807, 2.05) is 36.5 Å². The first-order chi connectivity index (χ1) is 5.86. The van der Waals surface area contributed by atoms with Crippen molar-refractivity contribution in [3.8, 4) is 0 Å². The van der Waals surface area contributed by atoms with Crippen LogP contribution >= 0.6 is 0 Å². The lowest BCUT2D eigenvalue weighted by Gasteiger charge is -2.05. The Morgan fingerprint density at radius 2 is 1.92 bits per heavy atom. The zero-order valence-corrected chi connectivity index (χ0v) is 6.91. The zero-order valence-electron chi connectivity index (χ0n) is 6.91. The van der Waals surface area contributed by atoms with Crippen LogP contribution in [0.1, 0.15) is 5.56 Å². The molecule has 0 saturated heterocycles. The van der Waals surface area contributed by atoms with E-state index in [0.29, 0.717) is 0 Å². The number of hydrazine groups is 2. The molecule has 0 amide bonds. The predicted octanol–water partition coefficient (Wildman–Crippen LogP) is 0.940. The minimum Gasteiger partial charge on any atom is -0.302 e. The summed E-state index contributed by atoms with van der Waals surface area (Å²) in [5.74, 6) is 0. The zero-order chi connectivity index (χ0) is 8.39. The molecule has 1 heterocycles. The Kier molecular flexibility index (Phi) is 1.72. The lowest BCUT2D eigenvalue weighted by atomic mass is 10.2. The summed E-state index contributed by atoms with van der Waals surface area (Å²) in [5, 5.41) is 1.88. The average Bonchev–Trinajstić information content (AvgIpc) is 2.54. The van der Waals surface area contributed by atoms with Crippen molar-refractivity contribution in [2.75, 3.05) is 7.05 Å². The summed E-state index contributed by atoms with van der Waals surface area (Å²) < 4.78 is 0. The van der Waals surface area contributed by atoms with Gasteiger partial charge in [-0.05, 0) is 0 Å². The van der Waals surface area contributed by atoms with Crippen molar-refractivity contribution in [3.05, 3.63) is 42.1 Å². The number of nitrogens with one attached hydrogen (secondary N) is 2. The molecule has 3 heteroatoms. The smallest absolute Gasteiger partial charge is 0.0751 e. The fourth-order valence-electron chi connectivity index (χ4n) is 1.17. The highest BCUT2D eigenvalue weighted by atomic mass is 15.7. The molecule has 2 N–H and O–H groups in total. The molecule has 0 aliphatic carbocycles. The molecule has 2 rings (SSSR count). The third-order valence-electron chi connectivity index (χ3n) is 1.77. The van der Waals surface area contributed by atoms with Crippen LogP contribution in [0, 0.1) is 0 Å². The number of rotatable bonds is 1. The van der Waals surface area contributed by atoms with E-state index in [0.717, 1.165) is 5.70 Å². The maximum absolute atomic E-state index is 3.06. The number of hydrogen-bond acceptors (Lipinski definition) is 3. The molecule has 0 aromatic heterocycles. The summed E-state index contributed by atoms with van der Waals surface area (Å²) in [5.41, 5.74) is 8.30. The van der Waals surface area contributed by atoms with Crippen LogP contribution < -0.4 is 11.0 Å². The van der Waals surface area contributed by atoms with Gasteiger partial charge in [0.2, 0.25) is 0 Å². The molecular formula is C9H11N3. The molecule has 0 spiro atoms. The highest BCUT2D eigenvalue weighted by Crippen LogP contribution is 2.12. The first-order valence-electron chi connectivity index (χ1n) is 3.88. The van der Waals surface area contributed by atoms with Gasteiger partial charge in [-0.15, -0.1) is 5.53 Å². The Morgan fingerprint density at radius 3 is 2.50 bits per heavy atom. The summed E-state index contributed by atoms with van der Waals surface area (Å²) in [6.45, 7) is 0. The second-order valence-electron chi connectivity index (χ2n) is 2.76. The molecule has 1 aliphatic rings. The summed E-state index contributed by atoms with van der Waals surface area (Å²) in [6.07, 6.45) is 2.01. The van der Waals surface area contributed by atoms with Crippen LogP contribution in [0.5, 0.6) is 0 Å². The van der Waals surface area contributed by atoms with Crippen molar-refractivity contribution < 1.29 is 0 Å². The van der Waals surface area contributed by atoms with Gasteiger partial charge < -0.3 is 5.43 Å². The van der Waals surface area contributed by atoms with Gasteiger partial charge in [-0.3, -0.25) is 5.01 Å². The molecule has 1 aliphatic heterocycles. The number of nitrogens with zero attached hydrogens (tertiary/aromatic N) is 1. The SMILES string of the molecule is CN1C=C(c2ccccc2)NN1. The van der Waals surface area contributed by atoms with Crippen LogP contribution in [0.3, 0.4) is 0 Å². The van der Waals surface area contributed by atoms with Crippen molar-refractivity contribution >= 4 is 5.70 Å². The molecular weight excluding hydrogens is 150 g/mol. The molecule has 0 fully saturated rings. The van der Waals surface area contributed by atoms with Crippen molar-refractivity contribution in [1.82, 2.24) is 16.0 Å². The van der Waals surface area contributed by atoms with Crippen LogP contribution in [0.4, 0.5) is 0 Å². The highest BCUT2D eigenvalue weighted by Gasteiger charge is 2.07. The van der Waals surface area contributed by atoms with Crippen molar-refractivity contribution in [2.24, 2.45) is 0 Å². The molecule has 3 nitrogen and oxygen atoms in total. The van der Waals surface area contributed by atoms with Gasteiger partial charge in [-0.1, -0.05) is 30.3 Å². The lowest BCUT2D eigenvalue weighted by molar-refractivity contribution is 0.330. The standard InChI is InChI=1S/C9H11N3/c1-12-7-9(10-11-12)8-5-3-2-4-6-8/h2-7,10-11H,1H3. The lowest BCUT2D eigenvalue weighted by Crippen LogP contribution is -2.33. The van der Waals surface area contributed by atoms with E-state index < -0.39 is 0 Å². The Labute approximate surface area is 71.6 Å². The van der Waals surface area contributed by atoms with E-state index in [4.69, 9.17) is 0 Å². The topological polar surface area (TPSA) is 27.3 Å². The van der Waals surface area contributed by atoms with Gasteiger partial charge in [0.25, 0.3) is 0 Å². The van der Waals surface area contributed by atoms with E-state index in [1.54, 1.807) is 0 Å². The normalized spacial score (nSPS) is 15.8. The third kappa shape index (κ3) is 1.26. The Balaban J connectivity index is 2.27. The van der Waals surface area contributed by atoms with Crippen LogP contribution in [-0.4, -0.2) is 12.1 Å². The van der Waals surface area contributed by atoms with Gasteiger partial charge in [0.15, 0.2) is 0 Å². The average molecular weight is 161 g/mol. The van der Waals surface area contributed by atoms with Crippen molar-refractivity contribution in [2.45, 2.75) is 0 Å². The Bertz CT molecular complexity index is 292. The molecule has 0 saturated carbocycles. The van der Waals surface area contributed by atoms with Gasteiger partial charge >= 0.3 is 0 Å². The molecule has 0 unspecified atom stereocenters. The van der Waals surface area contributed by atoms with Gasteiger partial charge in [-0.25, -0.2) is 0 Å². The molecule has 62 valence electrons. The minimum absolute atomic E-state index is 1.10. The Morgan fingerprint density at radius 1 is 1.17 bits per heavy atom. The molecule has 1 aromatic rings. The molecule has 0 radical (unpaired) electrons. The van der Waals surface area contributed by atoms with Gasteiger partial charge in [0, 0.05) is 18.8 Å². The fraction of sp³-hybridized carbons (Fsp3) is 0.111. The monoisotopic (exact) mass is 161 g/mol. The third-order valence-corrected chi connectivity index (χ3v) is 1.77. The summed E-state index contributed by atoms with van der Waals surface area (Å²) in [6, 6.07) is 10.2. The van der Waals surface area contributed by atoms with Gasteiger partial charge in [0.05, 0.1) is 5.70 Å². The quantitative estimate of drug-likeness (QED) is 0.642. The summed E-state index contributed by atoms with van der Waals surface area (Å²) in [7, 11) is 1.95. The van der Waals surface area contributed by atoms with E-state index in [1.165, 1.54) is 5.56 Å². The first-order valence-corrected chi connectivity index (χ1v) is 3.88. The van der Waals surface area contributed by atoms with E-state index in [2.05, 4.69) is 23.1 Å². The summed E-state index contributed by atoms with van der Waals surface area (Å²) >= 11 is 0. The maximum Gasteiger partial charge on any atom is 0.0751 e. The van der Waals surface area contributed by atoms with E-state index >= 15 is 0 Å². The van der Waals surface area contributed by atoms with Crippen LogP contribution in [0.2, 0.25) is 0 Å². The molecule has 1 aromatic carbocycles. The van der Waals surface area contributed by atoms with Crippen molar-refractivity contribution in [3.63, 3.8) is 0 Å². The van der Waals surface area contributed by atoms with Crippen molar-refractivity contribution in [1.29, 1.82) is 0 Å². The van der Waals surface area contributed by atoms with Gasteiger partial charge in [0.1, 0.15) is 0 Å². The maximum atomic E-state index is 3.06.